The van der Waals surface area contributed by atoms with E-state index in [1.54, 1.807) is 0 Å². The summed E-state index contributed by atoms with van der Waals surface area (Å²) >= 11 is 0. The molecule has 0 aliphatic heterocycles. The largest absolute Gasteiger partial charge is 2.00 e. The van der Waals surface area contributed by atoms with Crippen LogP contribution >= 0.6 is 8.60 Å². The van der Waals surface area contributed by atoms with E-state index in [9.17, 15) is 9.79 Å². The van der Waals surface area contributed by atoms with Gasteiger partial charge in [0.1, 0.15) is 0 Å². The Bertz CT molecular complexity index is 95.8. The van der Waals surface area contributed by atoms with Crippen molar-refractivity contribution in [2.75, 3.05) is 0 Å². The normalized spacial score (nSPS) is 19.9. The van der Waals surface area contributed by atoms with Crippen molar-refractivity contribution in [3.63, 3.8) is 0 Å². The molecular formula is C6H11BaO3P. The van der Waals surface area contributed by atoms with Crippen LogP contribution < -0.4 is 9.79 Å². The fourth-order valence-corrected chi connectivity index (χ4v) is 1.75. The van der Waals surface area contributed by atoms with Crippen LogP contribution in [0.15, 0.2) is 0 Å². The third-order valence-electron chi connectivity index (χ3n) is 1.79. The molecule has 0 aromatic heterocycles. The topological polar surface area (TPSA) is 55.3 Å². The molecule has 1 aliphatic rings. The molecule has 1 rings (SSSR count). The first-order valence-electron chi connectivity index (χ1n) is 3.60. The minimum Gasteiger partial charge on any atom is -0.820 e. The van der Waals surface area contributed by atoms with Crippen molar-refractivity contribution in [2.24, 2.45) is 0 Å². The molecule has 0 unspecified atom stereocenters. The monoisotopic (exact) mass is 300 g/mol. The second-order valence-electron chi connectivity index (χ2n) is 2.59. The zero-order valence-corrected chi connectivity index (χ0v) is 11.8. The summed E-state index contributed by atoms with van der Waals surface area (Å²) < 4.78 is 4.64. The first kappa shape index (κ1) is 12.9. The minimum atomic E-state index is -2.62. The summed E-state index contributed by atoms with van der Waals surface area (Å²) in [6.07, 6.45) is 5.22. The van der Waals surface area contributed by atoms with Gasteiger partial charge in [0.05, 0.1) is 6.10 Å². The van der Waals surface area contributed by atoms with Crippen molar-refractivity contribution < 1.29 is 14.3 Å². The Morgan fingerprint density at radius 1 is 1.09 bits per heavy atom. The van der Waals surface area contributed by atoms with E-state index >= 15 is 0 Å². The smallest absolute Gasteiger partial charge is 0.820 e. The molecule has 1 aliphatic carbocycles. The van der Waals surface area contributed by atoms with Gasteiger partial charge in [0.25, 0.3) is 0 Å². The SMILES string of the molecule is [Ba+2].[O-]P([O-])OC1CCCCC1. The van der Waals surface area contributed by atoms with Crippen LogP contribution in [-0.2, 0) is 4.52 Å². The maximum atomic E-state index is 10.1. The molecule has 1 saturated carbocycles. The molecule has 0 radical (unpaired) electrons. The van der Waals surface area contributed by atoms with E-state index in [0.29, 0.717) is 0 Å². The molecule has 0 heterocycles. The third-order valence-corrected chi connectivity index (χ3v) is 2.26. The predicted octanol–water partition coefficient (Wildman–Crippen LogP) is -0.0976. The summed E-state index contributed by atoms with van der Waals surface area (Å²) in [6, 6.07) is 0. The molecule has 0 amide bonds. The fraction of sp³-hybridized carbons (Fsp3) is 1.00. The third kappa shape index (κ3) is 6.02. The van der Waals surface area contributed by atoms with Gasteiger partial charge in [-0.25, -0.2) is 0 Å². The Labute approximate surface area is 109 Å². The van der Waals surface area contributed by atoms with Crippen LogP contribution in [0.3, 0.4) is 0 Å². The van der Waals surface area contributed by atoms with E-state index in [-0.39, 0.29) is 55.0 Å². The Morgan fingerprint density at radius 2 is 1.64 bits per heavy atom. The standard InChI is InChI=1S/C6H11O3P.Ba/c7-10(8)9-6-4-2-1-3-5-6;/h6H,1-5H2;/q-2;+2. The van der Waals surface area contributed by atoms with Gasteiger partial charge in [-0.1, -0.05) is 19.3 Å². The van der Waals surface area contributed by atoms with Crippen LogP contribution in [0.25, 0.3) is 0 Å². The van der Waals surface area contributed by atoms with E-state index in [1.165, 1.54) is 6.42 Å². The second-order valence-corrected chi connectivity index (χ2v) is 3.25. The molecule has 0 atom stereocenters. The number of rotatable bonds is 2. The average Bonchev–Trinajstić information content (AvgIpc) is 1.88. The molecule has 0 N–H and O–H groups in total. The molecule has 0 aromatic carbocycles. The molecular weight excluding hydrogens is 288 g/mol. The Hall–Kier alpha value is 1.88. The summed E-state index contributed by atoms with van der Waals surface area (Å²) in [5.74, 6) is 0. The van der Waals surface area contributed by atoms with Crippen molar-refractivity contribution in [1.82, 2.24) is 0 Å². The van der Waals surface area contributed by atoms with Crippen LogP contribution in [0, 0.1) is 0 Å². The average molecular weight is 299 g/mol. The number of hydrogen-bond acceptors (Lipinski definition) is 3. The zero-order chi connectivity index (χ0) is 7.40. The predicted molar refractivity (Wildman–Crippen MR) is 40.6 cm³/mol. The maximum absolute atomic E-state index is 10.1. The van der Waals surface area contributed by atoms with Crippen molar-refractivity contribution >= 4 is 57.5 Å². The van der Waals surface area contributed by atoms with Gasteiger partial charge in [-0.2, -0.15) is 8.60 Å². The quantitative estimate of drug-likeness (QED) is 0.529. The van der Waals surface area contributed by atoms with Gasteiger partial charge in [0, 0.05) is 0 Å². The summed E-state index contributed by atoms with van der Waals surface area (Å²) in [5, 5.41) is 0. The van der Waals surface area contributed by atoms with Crippen molar-refractivity contribution in [2.45, 2.75) is 38.2 Å². The van der Waals surface area contributed by atoms with Crippen LogP contribution in [0.2, 0.25) is 0 Å². The van der Waals surface area contributed by atoms with E-state index in [4.69, 9.17) is 0 Å². The number of hydrogen-bond donors (Lipinski definition) is 0. The van der Waals surface area contributed by atoms with E-state index in [1.807, 2.05) is 0 Å². The van der Waals surface area contributed by atoms with Gasteiger partial charge in [0.2, 0.25) is 0 Å². The first-order valence-corrected chi connectivity index (χ1v) is 4.70. The molecule has 5 heteroatoms. The molecule has 11 heavy (non-hydrogen) atoms. The Morgan fingerprint density at radius 3 is 2.09 bits per heavy atom. The minimum absolute atomic E-state index is 0. The zero-order valence-electron chi connectivity index (χ0n) is 6.49. The molecule has 60 valence electrons. The van der Waals surface area contributed by atoms with Gasteiger partial charge in [0.15, 0.2) is 0 Å². The summed E-state index contributed by atoms with van der Waals surface area (Å²) in [5.41, 5.74) is 0. The first-order chi connectivity index (χ1) is 4.79. The summed E-state index contributed by atoms with van der Waals surface area (Å²) in [7, 11) is -2.62. The van der Waals surface area contributed by atoms with Crippen molar-refractivity contribution in [3.8, 4) is 0 Å². The van der Waals surface area contributed by atoms with Gasteiger partial charge in [-0.05, 0) is 12.8 Å². The summed E-state index contributed by atoms with van der Waals surface area (Å²) in [6.45, 7) is 0. The van der Waals surface area contributed by atoms with Gasteiger partial charge in [-0.3, -0.25) is 0 Å². The molecule has 1 fully saturated rings. The van der Waals surface area contributed by atoms with Gasteiger partial charge in [-0.15, -0.1) is 0 Å². The fourth-order valence-electron chi connectivity index (χ4n) is 1.29. The maximum Gasteiger partial charge on any atom is 2.00 e. The van der Waals surface area contributed by atoms with Gasteiger partial charge >= 0.3 is 48.9 Å². The Balaban J connectivity index is 0.000001000. The second kappa shape index (κ2) is 7.30. The van der Waals surface area contributed by atoms with Crippen molar-refractivity contribution in [1.29, 1.82) is 0 Å². The molecule has 0 bridgehead atoms. The van der Waals surface area contributed by atoms with Crippen molar-refractivity contribution in [3.05, 3.63) is 0 Å². The summed E-state index contributed by atoms with van der Waals surface area (Å²) in [4.78, 5) is 20.2. The molecule has 0 aromatic rings. The van der Waals surface area contributed by atoms with Gasteiger partial charge < -0.3 is 14.3 Å². The van der Waals surface area contributed by atoms with Crippen LogP contribution in [-0.4, -0.2) is 55.0 Å². The van der Waals surface area contributed by atoms with Crippen LogP contribution in [0.1, 0.15) is 32.1 Å². The van der Waals surface area contributed by atoms with Crippen LogP contribution in [0.4, 0.5) is 0 Å². The molecule has 0 spiro atoms. The van der Waals surface area contributed by atoms with E-state index < -0.39 is 8.60 Å². The van der Waals surface area contributed by atoms with E-state index in [0.717, 1.165) is 25.7 Å². The molecule has 3 nitrogen and oxygen atoms in total. The van der Waals surface area contributed by atoms with Crippen LogP contribution in [0.5, 0.6) is 0 Å². The molecule has 0 saturated heterocycles. The van der Waals surface area contributed by atoms with E-state index in [2.05, 4.69) is 4.52 Å². The Kier molecular flexibility index (Phi) is 8.55.